The Morgan fingerprint density at radius 2 is 1.65 bits per heavy atom. The van der Waals surface area contributed by atoms with Crippen molar-refractivity contribution in [1.82, 2.24) is 9.99 Å². The average molecular weight is 494 g/mol. The van der Waals surface area contributed by atoms with E-state index in [0.717, 1.165) is 38.7 Å². The number of nitrogens with zero attached hydrogens (tertiary/aromatic N) is 2. The maximum absolute atomic E-state index is 13.6. The SMILES string of the molecule is Cc1ccc(-c2c(C3=NN(C(=O)CCC(=O)O)[C@@H](c4ccccc4C)C3)c(=O)[nH]c3ccccc23)cc1. The molecule has 37 heavy (non-hydrogen) atoms. The van der Waals surface area contributed by atoms with E-state index in [9.17, 15) is 14.4 Å². The Morgan fingerprint density at radius 1 is 0.946 bits per heavy atom. The molecule has 0 unspecified atom stereocenters. The van der Waals surface area contributed by atoms with E-state index in [4.69, 9.17) is 10.2 Å². The number of carbonyl (C=O) groups excluding carboxylic acids is 1. The quantitative estimate of drug-likeness (QED) is 0.378. The Kier molecular flexibility index (Phi) is 6.44. The summed E-state index contributed by atoms with van der Waals surface area (Å²) in [6.45, 7) is 3.98. The number of carboxylic acid groups (broad SMARTS) is 1. The number of H-pyrrole nitrogens is 1. The number of hydrazone groups is 1. The third-order valence-electron chi connectivity index (χ3n) is 6.82. The molecule has 0 spiro atoms. The lowest BCUT2D eigenvalue weighted by atomic mass is 9.90. The number of nitrogens with one attached hydrogen (secondary N) is 1. The van der Waals surface area contributed by atoms with Crippen LogP contribution in [0.4, 0.5) is 0 Å². The van der Waals surface area contributed by atoms with Gasteiger partial charge in [0.15, 0.2) is 0 Å². The lowest BCUT2D eigenvalue weighted by Gasteiger charge is -2.23. The fourth-order valence-corrected chi connectivity index (χ4v) is 4.96. The van der Waals surface area contributed by atoms with Gasteiger partial charge in [-0.2, -0.15) is 5.10 Å². The lowest BCUT2D eigenvalue weighted by Crippen LogP contribution is -2.27. The van der Waals surface area contributed by atoms with Crippen molar-refractivity contribution in [3.8, 4) is 11.1 Å². The van der Waals surface area contributed by atoms with Gasteiger partial charge in [0, 0.05) is 29.3 Å². The smallest absolute Gasteiger partial charge is 0.303 e. The van der Waals surface area contributed by atoms with Crippen molar-refractivity contribution in [1.29, 1.82) is 0 Å². The first-order chi connectivity index (χ1) is 17.8. The van der Waals surface area contributed by atoms with Gasteiger partial charge in [0.25, 0.3) is 5.56 Å². The maximum Gasteiger partial charge on any atom is 0.303 e. The number of aromatic amines is 1. The Morgan fingerprint density at radius 3 is 2.38 bits per heavy atom. The third kappa shape index (κ3) is 4.68. The minimum atomic E-state index is -1.04. The molecule has 1 amide bonds. The standard InChI is InChI=1S/C30H27N3O4/c1-18-11-13-20(14-12-18)28-22-9-5-6-10-23(22)31-30(37)29(28)24-17-25(21-8-4-3-7-19(21)2)33(32-24)26(34)15-16-27(35)36/h3-14,25H,15-17H2,1-2H3,(H,31,37)(H,35,36)/t25-/m1/s1. The van der Waals surface area contributed by atoms with Crippen LogP contribution >= 0.6 is 0 Å². The zero-order valence-corrected chi connectivity index (χ0v) is 20.7. The van der Waals surface area contributed by atoms with Crippen LogP contribution < -0.4 is 5.56 Å². The molecule has 0 fully saturated rings. The van der Waals surface area contributed by atoms with Crippen LogP contribution in [0, 0.1) is 13.8 Å². The number of aromatic nitrogens is 1. The van der Waals surface area contributed by atoms with Gasteiger partial charge in [-0.15, -0.1) is 0 Å². The third-order valence-corrected chi connectivity index (χ3v) is 6.82. The van der Waals surface area contributed by atoms with Gasteiger partial charge in [0.05, 0.1) is 23.7 Å². The number of para-hydroxylation sites is 1. The van der Waals surface area contributed by atoms with Crippen LogP contribution in [0.3, 0.4) is 0 Å². The van der Waals surface area contributed by atoms with Crippen LogP contribution in [0.5, 0.6) is 0 Å². The molecular weight excluding hydrogens is 466 g/mol. The number of amides is 1. The number of aliphatic carboxylic acids is 1. The summed E-state index contributed by atoms with van der Waals surface area (Å²) in [6, 6.07) is 22.9. The maximum atomic E-state index is 13.6. The Labute approximate surface area is 214 Å². The molecular formula is C30H27N3O4. The number of benzene rings is 3. The molecule has 7 heteroatoms. The average Bonchev–Trinajstić information content (AvgIpc) is 3.32. The van der Waals surface area contributed by atoms with E-state index in [0.29, 0.717) is 17.7 Å². The summed E-state index contributed by atoms with van der Waals surface area (Å²) in [5.41, 5.74) is 6.02. The van der Waals surface area contributed by atoms with E-state index in [1.165, 1.54) is 5.01 Å². The number of hydrogen-bond donors (Lipinski definition) is 2. The van der Waals surface area contributed by atoms with E-state index in [1.54, 1.807) is 0 Å². The number of pyridine rings is 1. The van der Waals surface area contributed by atoms with E-state index < -0.39 is 12.0 Å². The monoisotopic (exact) mass is 493 g/mol. The Bertz CT molecular complexity index is 1600. The first kappa shape index (κ1) is 24.2. The van der Waals surface area contributed by atoms with Crippen molar-refractivity contribution < 1.29 is 14.7 Å². The normalized spacial score (nSPS) is 15.1. The van der Waals surface area contributed by atoms with Crippen molar-refractivity contribution in [2.75, 3.05) is 0 Å². The fraction of sp³-hybridized carbons (Fsp3) is 0.200. The summed E-state index contributed by atoms with van der Waals surface area (Å²) >= 11 is 0. The molecule has 5 rings (SSSR count). The molecule has 0 aliphatic carbocycles. The zero-order chi connectivity index (χ0) is 26.1. The minimum Gasteiger partial charge on any atom is -0.481 e. The predicted molar refractivity (Wildman–Crippen MR) is 144 cm³/mol. The number of carboxylic acids is 1. The van der Waals surface area contributed by atoms with E-state index >= 15 is 0 Å². The second kappa shape index (κ2) is 9.85. The molecule has 0 radical (unpaired) electrons. The molecule has 0 saturated carbocycles. The second-order valence-electron chi connectivity index (χ2n) is 9.37. The molecule has 1 aliphatic heterocycles. The molecule has 7 nitrogen and oxygen atoms in total. The van der Waals surface area contributed by atoms with Gasteiger partial charge in [-0.25, -0.2) is 5.01 Å². The number of hydrogen-bond acceptors (Lipinski definition) is 4. The molecule has 186 valence electrons. The predicted octanol–water partition coefficient (Wildman–Crippen LogP) is 5.35. The highest BCUT2D eigenvalue weighted by molar-refractivity contribution is 6.12. The van der Waals surface area contributed by atoms with Crippen molar-refractivity contribution in [3.05, 3.63) is 105 Å². The number of aryl methyl sites for hydroxylation is 2. The van der Waals surface area contributed by atoms with Gasteiger partial charge in [0.2, 0.25) is 5.91 Å². The summed E-state index contributed by atoms with van der Waals surface area (Å²) in [4.78, 5) is 40.9. The van der Waals surface area contributed by atoms with Crippen LogP contribution in [-0.4, -0.2) is 32.7 Å². The van der Waals surface area contributed by atoms with E-state index in [2.05, 4.69) is 4.98 Å². The van der Waals surface area contributed by atoms with Crippen molar-refractivity contribution in [2.24, 2.45) is 5.10 Å². The molecule has 0 saturated heterocycles. The first-order valence-electron chi connectivity index (χ1n) is 12.2. The molecule has 0 bridgehead atoms. The number of rotatable bonds is 6. The van der Waals surface area contributed by atoms with Crippen LogP contribution in [0.2, 0.25) is 0 Å². The summed E-state index contributed by atoms with van der Waals surface area (Å²) in [5.74, 6) is -1.43. The summed E-state index contributed by atoms with van der Waals surface area (Å²) in [5, 5.41) is 16.1. The summed E-state index contributed by atoms with van der Waals surface area (Å²) < 4.78 is 0. The van der Waals surface area contributed by atoms with Gasteiger partial charge < -0.3 is 10.1 Å². The second-order valence-corrected chi connectivity index (χ2v) is 9.37. The molecule has 4 aromatic rings. The fourth-order valence-electron chi connectivity index (χ4n) is 4.96. The summed E-state index contributed by atoms with van der Waals surface area (Å²) in [7, 11) is 0. The van der Waals surface area contributed by atoms with Crippen LogP contribution in [0.25, 0.3) is 22.0 Å². The van der Waals surface area contributed by atoms with Crippen LogP contribution in [0.1, 0.15) is 47.6 Å². The number of carbonyl (C=O) groups is 2. The lowest BCUT2D eigenvalue weighted by molar-refractivity contribution is -0.141. The van der Waals surface area contributed by atoms with Crippen molar-refractivity contribution >= 4 is 28.5 Å². The molecule has 1 aliphatic rings. The van der Waals surface area contributed by atoms with Gasteiger partial charge in [-0.1, -0.05) is 72.3 Å². The largest absolute Gasteiger partial charge is 0.481 e. The van der Waals surface area contributed by atoms with Gasteiger partial charge in [0.1, 0.15) is 0 Å². The van der Waals surface area contributed by atoms with Crippen molar-refractivity contribution in [2.45, 2.75) is 39.2 Å². The highest BCUT2D eigenvalue weighted by Crippen LogP contribution is 2.38. The Hall–Kier alpha value is -4.52. The highest BCUT2D eigenvalue weighted by atomic mass is 16.4. The van der Waals surface area contributed by atoms with Crippen LogP contribution in [-0.2, 0) is 9.59 Å². The molecule has 3 aromatic carbocycles. The minimum absolute atomic E-state index is 0.173. The summed E-state index contributed by atoms with van der Waals surface area (Å²) in [6.07, 6.45) is -0.122. The Balaban J connectivity index is 1.70. The van der Waals surface area contributed by atoms with Gasteiger partial charge in [-0.3, -0.25) is 14.4 Å². The zero-order valence-electron chi connectivity index (χ0n) is 20.7. The van der Waals surface area contributed by atoms with Gasteiger partial charge in [-0.05, 0) is 36.6 Å². The number of fused-ring (bicyclic) bond motifs is 1. The van der Waals surface area contributed by atoms with Crippen molar-refractivity contribution in [3.63, 3.8) is 0 Å². The molecule has 2 heterocycles. The van der Waals surface area contributed by atoms with Crippen LogP contribution in [0.15, 0.2) is 82.7 Å². The topological polar surface area (TPSA) is 103 Å². The molecule has 2 N–H and O–H groups in total. The highest BCUT2D eigenvalue weighted by Gasteiger charge is 2.36. The van der Waals surface area contributed by atoms with Gasteiger partial charge >= 0.3 is 5.97 Å². The molecule has 1 aromatic heterocycles. The molecule has 1 atom stereocenters. The van der Waals surface area contributed by atoms with E-state index in [-0.39, 0.29) is 24.3 Å². The first-order valence-corrected chi connectivity index (χ1v) is 12.2. The van der Waals surface area contributed by atoms with E-state index in [1.807, 2.05) is 86.6 Å².